The number of nitrogens with two attached hydrogens (primary N) is 1. The molecule has 1 unspecified atom stereocenters. The second-order valence-corrected chi connectivity index (χ2v) is 11.5. The number of rotatable bonds is 8. The summed E-state index contributed by atoms with van der Waals surface area (Å²) in [5.74, 6) is 2.01. The molecule has 0 spiro atoms. The number of anilines is 1. The Bertz CT molecular complexity index is 1290. The monoisotopic (exact) mass is 540 g/mol. The first-order valence-electron chi connectivity index (χ1n) is 9.99. The average molecular weight is 541 g/mol. The Morgan fingerprint density at radius 2 is 2.06 bits per heavy atom. The molecule has 3 aromatic rings. The highest BCUT2D eigenvalue weighted by Crippen LogP contribution is 2.43. The van der Waals surface area contributed by atoms with Crippen LogP contribution in [0, 0.1) is 5.92 Å². The normalized spacial score (nSPS) is 16.6. The molecule has 0 bridgehead atoms. The predicted octanol–water partition coefficient (Wildman–Crippen LogP) is 2.77. The molecular formula is C19H21BrN6O4S2. The van der Waals surface area contributed by atoms with E-state index in [2.05, 4.69) is 30.6 Å². The smallest absolute Gasteiger partial charge is 0.231 e. The summed E-state index contributed by atoms with van der Waals surface area (Å²) in [5, 5.41) is 0.681. The maximum Gasteiger partial charge on any atom is 0.231 e. The van der Waals surface area contributed by atoms with Gasteiger partial charge >= 0.3 is 0 Å². The molecule has 0 saturated heterocycles. The van der Waals surface area contributed by atoms with Gasteiger partial charge in [-0.25, -0.2) is 28.1 Å². The third-order valence-corrected chi connectivity index (χ3v) is 8.08. The van der Waals surface area contributed by atoms with E-state index in [-0.39, 0.29) is 12.8 Å². The summed E-state index contributed by atoms with van der Waals surface area (Å²) in [6, 6.07) is 3.63. The number of hydrogen-bond donors (Lipinski definition) is 2. The fraction of sp³-hybridized carbons (Fsp3) is 0.421. The third kappa shape index (κ3) is 4.51. The van der Waals surface area contributed by atoms with Crippen molar-refractivity contribution in [2.24, 2.45) is 5.92 Å². The number of fused-ring (bicyclic) bond motifs is 2. The van der Waals surface area contributed by atoms with E-state index in [1.54, 1.807) is 0 Å². The first-order chi connectivity index (χ1) is 15.3. The van der Waals surface area contributed by atoms with Gasteiger partial charge in [-0.3, -0.25) is 0 Å². The highest BCUT2D eigenvalue weighted by molar-refractivity contribution is 9.10. The van der Waals surface area contributed by atoms with Crippen LogP contribution in [-0.4, -0.2) is 47.0 Å². The summed E-state index contributed by atoms with van der Waals surface area (Å²) in [6.07, 6.45) is 5.27. The lowest BCUT2D eigenvalue weighted by atomic mass is 10.1. The maximum absolute atomic E-state index is 11.8. The summed E-state index contributed by atoms with van der Waals surface area (Å²) in [7, 11) is -3.30. The van der Waals surface area contributed by atoms with Crippen LogP contribution in [0.5, 0.6) is 11.5 Å². The van der Waals surface area contributed by atoms with Gasteiger partial charge in [0.1, 0.15) is 6.33 Å². The SMILES string of the molecule is CS(=O)(=O)NC(CCn1c(Sc2cc3c(cc2Br)OCO3)nc2c(N)ncnc21)C1CC1. The van der Waals surface area contributed by atoms with E-state index in [4.69, 9.17) is 20.2 Å². The van der Waals surface area contributed by atoms with Crippen molar-refractivity contribution in [3.8, 4) is 11.5 Å². The summed E-state index contributed by atoms with van der Waals surface area (Å²) in [5.41, 5.74) is 7.20. The van der Waals surface area contributed by atoms with Crippen LogP contribution in [0.2, 0.25) is 0 Å². The van der Waals surface area contributed by atoms with Crippen LogP contribution < -0.4 is 19.9 Å². The van der Waals surface area contributed by atoms with Crippen LogP contribution in [0.1, 0.15) is 19.3 Å². The summed E-state index contributed by atoms with van der Waals surface area (Å²) >= 11 is 5.03. The van der Waals surface area contributed by atoms with Crippen LogP contribution in [0.15, 0.2) is 33.0 Å². The zero-order chi connectivity index (χ0) is 22.5. The van der Waals surface area contributed by atoms with Crippen molar-refractivity contribution in [3.63, 3.8) is 0 Å². The summed E-state index contributed by atoms with van der Waals surface area (Å²) in [4.78, 5) is 14.1. The topological polar surface area (TPSA) is 134 Å². The van der Waals surface area contributed by atoms with Gasteiger partial charge in [0.25, 0.3) is 0 Å². The van der Waals surface area contributed by atoms with Crippen molar-refractivity contribution in [3.05, 3.63) is 22.9 Å². The Morgan fingerprint density at radius 3 is 2.78 bits per heavy atom. The van der Waals surface area contributed by atoms with E-state index in [1.165, 1.54) is 24.3 Å². The number of benzene rings is 1. The van der Waals surface area contributed by atoms with Crippen LogP contribution in [0.3, 0.4) is 0 Å². The fourth-order valence-corrected chi connectivity index (χ4v) is 6.09. The van der Waals surface area contributed by atoms with Crippen molar-refractivity contribution < 1.29 is 17.9 Å². The maximum atomic E-state index is 11.8. The zero-order valence-corrected chi connectivity index (χ0v) is 20.3. The van der Waals surface area contributed by atoms with Gasteiger partial charge in [0.15, 0.2) is 33.6 Å². The molecule has 3 N–H and O–H groups in total. The Kier molecular flexibility index (Phi) is 5.68. The van der Waals surface area contributed by atoms with Gasteiger partial charge in [-0.15, -0.1) is 0 Å². The van der Waals surface area contributed by atoms with Gasteiger partial charge < -0.3 is 19.8 Å². The quantitative estimate of drug-likeness (QED) is 0.442. The van der Waals surface area contributed by atoms with Crippen LogP contribution >= 0.6 is 27.7 Å². The number of nitrogens with one attached hydrogen (secondary N) is 1. The molecule has 0 radical (unpaired) electrons. The lowest BCUT2D eigenvalue weighted by Crippen LogP contribution is -2.36. The molecule has 5 rings (SSSR count). The second-order valence-electron chi connectivity index (χ2n) is 7.84. The minimum Gasteiger partial charge on any atom is -0.454 e. The van der Waals surface area contributed by atoms with E-state index in [1.807, 2.05) is 16.7 Å². The molecule has 2 aromatic heterocycles. The summed E-state index contributed by atoms with van der Waals surface area (Å²) < 4.78 is 40.2. The molecular weight excluding hydrogens is 520 g/mol. The minimum atomic E-state index is -3.30. The van der Waals surface area contributed by atoms with Gasteiger partial charge in [-0.05, 0) is 53.2 Å². The van der Waals surface area contributed by atoms with Crippen molar-refractivity contribution in [2.75, 3.05) is 18.8 Å². The van der Waals surface area contributed by atoms with Gasteiger partial charge in [0.2, 0.25) is 16.8 Å². The molecule has 1 aromatic carbocycles. The van der Waals surface area contributed by atoms with Gasteiger partial charge in [-0.2, -0.15) is 0 Å². The number of sulfonamides is 1. The van der Waals surface area contributed by atoms with Crippen molar-refractivity contribution in [2.45, 2.75) is 41.9 Å². The lowest BCUT2D eigenvalue weighted by Gasteiger charge is -2.18. The largest absolute Gasteiger partial charge is 0.454 e. The van der Waals surface area contributed by atoms with Crippen molar-refractivity contribution in [1.29, 1.82) is 0 Å². The first kappa shape index (κ1) is 21.7. The van der Waals surface area contributed by atoms with Gasteiger partial charge in [0, 0.05) is 22.0 Å². The second kappa shape index (κ2) is 8.36. The predicted molar refractivity (Wildman–Crippen MR) is 123 cm³/mol. The number of halogens is 1. The Labute approximate surface area is 197 Å². The number of imidazole rings is 1. The van der Waals surface area contributed by atoms with E-state index in [0.29, 0.717) is 52.5 Å². The molecule has 10 nitrogen and oxygen atoms in total. The fourth-order valence-electron chi connectivity index (χ4n) is 3.72. The Balaban J connectivity index is 1.48. The standard InChI is InChI=1S/C19H21BrN6O4S2/c1-32(27,28)25-12(10-2-3-10)4-5-26-18-16(17(21)22-8-23-18)24-19(26)31-15-7-14-13(6-11(15)20)29-9-30-14/h6-8,10,12,25H,2-5,9H2,1H3,(H2,21,22,23). The molecule has 1 aliphatic carbocycles. The van der Waals surface area contributed by atoms with Gasteiger partial charge in [-0.1, -0.05) is 11.8 Å². The Hall–Kier alpha value is -2.09. The zero-order valence-electron chi connectivity index (χ0n) is 17.1. The number of nitrogen functional groups attached to an aromatic ring is 1. The van der Waals surface area contributed by atoms with E-state index >= 15 is 0 Å². The van der Waals surface area contributed by atoms with Crippen molar-refractivity contribution in [1.82, 2.24) is 24.2 Å². The first-order valence-corrected chi connectivity index (χ1v) is 13.5. The lowest BCUT2D eigenvalue weighted by molar-refractivity contribution is 0.174. The number of aromatic nitrogens is 4. The average Bonchev–Trinajstić information content (AvgIpc) is 3.38. The van der Waals surface area contributed by atoms with E-state index < -0.39 is 10.0 Å². The van der Waals surface area contributed by atoms with Crippen molar-refractivity contribution >= 4 is 54.7 Å². The van der Waals surface area contributed by atoms with Crippen LogP contribution in [0.25, 0.3) is 11.2 Å². The number of hydrogen-bond acceptors (Lipinski definition) is 9. The van der Waals surface area contributed by atoms with Gasteiger partial charge in [0.05, 0.1) is 6.26 Å². The molecule has 1 aliphatic heterocycles. The molecule has 1 atom stereocenters. The number of nitrogens with zero attached hydrogens (tertiary/aromatic N) is 4. The van der Waals surface area contributed by atoms with Crippen LogP contribution in [-0.2, 0) is 16.6 Å². The molecule has 1 saturated carbocycles. The molecule has 0 amide bonds. The minimum absolute atomic E-state index is 0.128. The number of aryl methyl sites for hydroxylation is 1. The number of ether oxygens (including phenoxy) is 2. The molecule has 170 valence electrons. The Morgan fingerprint density at radius 1 is 1.31 bits per heavy atom. The molecule has 2 aliphatic rings. The summed E-state index contributed by atoms with van der Waals surface area (Å²) in [6.45, 7) is 0.720. The highest BCUT2D eigenvalue weighted by atomic mass is 79.9. The molecule has 3 heterocycles. The highest BCUT2D eigenvalue weighted by Gasteiger charge is 2.33. The van der Waals surface area contributed by atoms with E-state index in [9.17, 15) is 8.42 Å². The molecule has 32 heavy (non-hydrogen) atoms. The third-order valence-electron chi connectivity index (χ3n) is 5.37. The van der Waals surface area contributed by atoms with E-state index in [0.717, 1.165) is 22.2 Å². The molecule has 13 heteroatoms. The molecule has 1 fully saturated rings. The van der Waals surface area contributed by atoms with Crippen LogP contribution in [0.4, 0.5) is 5.82 Å².